The first-order valence-electron chi connectivity index (χ1n) is 26.2. The fourth-order valence-electron chi connectivity index (χ4n) is 9.42. The van der Waals surface area contributed by atoms with Crippen LogP contribution in [-0.4, -0.2) is 0 Å². The zero-order valence-corrected chi connectivity index (χ0v) is 33.4. The number of hydrogen-bond donors (Lipinski definition) is 0. The second-order valence-electron chi connectivity index (χ2n) is 15.6. The molecule has 0 radical (unpaired) electrons. The number of fused-ring (bicyclic) bond motifs is 7. The van der Waals surface area contributed by atoms with Gasteiger partial charge in [0, 0.05) is 10.8 Å². The van der Waals surface area contributed by atoms with Gasteiger partial charge in [0.1, 0.15) is 11.2 Å². The van der Waals surface area contributed by atoms with Crippen molar-refractivity contribution < 1.29 is 22.2 Å². The Morgan fingerprint density at radius 3 is 1.59 bits per heavy atom. The summed E-state index contributed by atoms with van der Waals surface area (Å²) in [6, 6.07) is 18.6. The molecule has 0 spiro atoms. The van der Waals surface area contributed by atoms with E-state index >= 15 is 0 Å². The molecule has 11 aromatic rings. The molecular weight excluding hydrogens is 713 g/mol. The van der Waals surface area contributed by atoms with E-state index in [-0.39, 0.29) is 32.7 Å². The van der Waals surface area contributed by atoms with Crippen LogP contribution >= 0.6 is 0 Å². The van der Waals surface area contributed by atoms with E-state index in [1.54, 1.807) is 0 Å². The number of benzene rings is 10. The van der Waals surface area contributed by atoms with Crippen LogP contribution in [0.2, 0.25) is 0 Å². The zero-order valence-electron chi connectivity index (χ0n) is 46.4. The van der Waals surface area contributed by atoms with Crippen molar-refractivity contribution >= 4 is 65.0 Å². The lowest BCUT2D eigenvalue weighted by molar-refractivity contribution is 0.669. The van der Waals surface area contributed by atoms with E-state index in [0.717, 1.165) is 77.0 Å². The van der Waals surface area contributed by atoms with Crippen LogP contribution in [0.15, 0.2) is 162 Å². The molecule has 282 valence electrons. The normalized spacial score (nSPS) is 15.0. The molecule has 1 heterocycles. The molecule has 1 heteroatoms. The fourth-order valence-corrected chi connectivity index (χ4v) is 9.42. The third-order valence-corrected chi connectivity index (χ3v) is 12.7. The van der Waals surface area contributed by atoms with Gasteiger partial charge in [-0.05, 0) is 187 Å². The van der Waals surface area contributed by atoms with Gasteiger partial charge in [-0.1, -0.05) is 133 Å². The predicted molar refractivity (Wildman–Crippen MR) is 254 cm³/mol. The van der Waals surface area contributed by atoms with Crippen molar-refractivity contribution in [2.45, 2.75) is 41.5 Å². The maximum atomic E-state index is 9.74. The Hall–Kier alpha value is -6.96. The first kappa shape index (κ1) is 24.1. The second kappa shape index (κ2) is 13.3. The van der Waals surface area contributed by atoms with Crippen LogP contribution in [0.1, 0.15) is 51.2 Å². The summed E-state index contributed by atoms with van der Waals surface area (Å²) in [6.07, 6.45) is 0. The first-order chi connectivity index (χ1) is 34.2. The van der Waals surface area contributed by atoms with Crippen molar-refractivity contribution in [2.75, 3.05) is 0 Å². The van der Waals surface area contributed by atoms with Gasteiger partial charge in [-0.25, -0.2) is 0 Å². The van der Waals surface area contributed by atoms with Gasteiger partial charge in [-0.2, -0.15) is 0 Å². The molecule has 0 unspecified atom stereocenters. The van der Waals surface area contributed by atoms with Gasteiger partial charge in [0.05, 0.1) is 17.8 Å². The molecule has 1 nitrogen and oxygen atoms in total. The minimum Gasteiger partial charge on any atom is -0.456 e. The molecule has 0 aliphatic carbocycles. The highest BCUT2D eigenvalue weighted by Gasteiger charge is 2.27. The van der Waals surface area contributed by atoms with E-state index in [9.17, 15) is 5.48 Å². The summed E-state index contributed by atoms with van der Waals surface area (Å²) in [7, 11) is 0. The Kier molecular flexibility index (Phi) is 5.43. The van der Waals surface area contributed by atoms with Crippen LogP contribution in [0.25, 0.3) is 110 Å². The highest BCUT2D eigenvalue weighted by Crippen LogP contribution is 2.52. The van der Waals surface area contributed by atoms with Crippen LogP contribution in [0.4, 0.5) is 0 Å². The lowest BCUT2D eigenvalue weighted by Gasteiger charge is -2.27. The molecule has 0 fully saturated rings. The van der Waals surface area contributed by atoms with Crippen LogP contribution in [-0.2, 0) is 0 Å². The molecule has 0 N–H and O–H groups in total. The Labute approximate surface area is 363 Å². The van der Waals surface area contributed by atoms with Gasteiger partial charge in [0.15, 0.2) is 0 Å². The van der Waals surface area contributed by atoms with Crippen molar-refractivity contribution in [1.29, 1.82) is 0 Å². The quantitative estimate of drug-likeness (QED) is 0.163. The SMILES string of the molecule is [2H]c1c([2H])c([2H])c(-c2c3c([2H])c([2H])c([2H])c([2H])c3c(-c3c(C)c(C)c(-c4cccc5oc6cc(-c7ccc8ccccc8c7)ccc6c45)c4c(C)c(C)c(C)c(C)c34)c3c([2H])c([2H])c([2H])c([2H])c23)c([2H])c1[2H]. The molecule has 11 rings (SSSR count). The summed E-state index contributed by atoms with van der Waals surface area (Å²) < 4.78 is 126. The van der Waals surface area contributed by atoms with Gasteiger partial charge in [0.25, 0.3) is 0 Å². The van der Waals surface area contributed by atoms with Crippen LogP contribution < -0.4 is 0 Å². The fraction of sp³-hybridized carbons (Fsp3) is 0.103. The summed E-state index contributed by atoms with van der Waals surface area (Å²) in [5.41, 5.74) is 10.3. The van der Waals surface area contributed by atoms with Gasteiger partial charge in [-0.15, -0.1) is 0 Å². The van der Waals surface area contributed by atoms with Gasteiger partial charge in [-0.3, -0.25) is 0 Å². The van der Waals surface area contributed by atoms with Crippen molar-refractivity contribution in [3.8, 4) is 44.5 Å². The van der Waals surface area contributed by atoms with Crippen molar-refractivity contribution in [3.63, 3.8) is 0 Å². The molecule has 10 aromatic carbocycles. The van der Waals surface area contributed by atoms with E-state index in [0.29, 0.717) is 27.7 Å². The lowest BCUT2D eigenvalue weighted by Crippen LogP contribution is -2.03. The van der Waals surface area contributed by atoms with Gasteiger partial charge >= 0.3 is 0 Å². The maximum Gasteiger partial charge on any atom is 0.136 e. The number of hydrogen-bond acceptors (Lipinski definition) is 1. The second-order valence-corrected chi connectivity index (χ2v) is 15.6. The minimum atomic E-state index is -0.714. The largest absolute Gasteiger partial charge is 0.456 e. The van der Waals surface area contributed by atoms with E-state index in [2.05, 4.69) is 61.5 Å². The molecule has 0 saturated heterocycles. The minimum absolute atomic E-state index is 0.114. The topological polar surface area (TPSA) is 13.1 Å². The molecule has 0 saturated carbocycles. The van der Waals surface area contributed by atoms with Gasteiger partial charge in [0.2, 0.25) is 0 Å². The molecular formula is C58H44O. The Bertz CT molecular complexity index is 4210. The molecule has 0 aliphatic heterocycles. The molecule has 0 atom stereocenters. The predicted octanol–water partition coefficient (Wildman–Crippen LogP) is 16.7. The smallest absolute Gasteiger partial charge is 0.136 e. The molecule has 0 bridgehead atoms. The summed E-state index contributed by atoms with van der Waals surface area (Å²) in [5, 5.41) is 4.92. The third kappa shape index (κ3) is 5.17. The monoisotopic (exact) mass is 769 g/mol. The van der Waals surface area contributed by atoms with Crippen molar-refractivity contribution in [1.82, 2.24) is 0 Å². The van der Waals surface area contributed by atoms with E-state index in [4.69, 9.17) is 16.8 Å². The molecule has 1 aromatic heterocycles. The van der Waals surface area contributed by atoms with Crippen LogP contribution in [0.5, 0.6) is 0 Å². The summed E-state index contributed by atoms with van der Waals surface area (Å²) in [5.74, 6) is 0. The van der Waals surface area contributed by atoms with E-state index in [1.165, 1.54) is 0 Å². The highest BCUT2D eigenvalue weighted by molar-refractivity contribution is 6.26. The average molecular weight is 770 g/mol. The Morgan fingerprint density at radius 2 is 0.915 bits per heavy atom. The molecule has 59 heavy (non-hydrogen) atoms. The molecule has 0 amide bonds. The van der Waals surface area contributed by atoms with E-state index in [1.807, 2.05) is 58.9 Å². The summed E-state index contributed by atoms with van der Waals surface area (Å²) in [6.45, 7) is 12.0. The lowest BCUT2D eigenvalue weighted by atomic mass is 9.76. The Morgan fingerprint density at radius 1 is 0.356 bits per heavy atom. The first-order valence-corrected chi connectivity index (χ1v) is 19.7. The van der Waals surface area contributed by atoms with Crippen molar-refractivity contribution in [2.24, 2.45) is 0 Å². The number of aryl methyl sites for hydroxylation is 2. The van der Waals surface area contributed by atoms with Crippen LogP contribution in [0.3, 0.4) is 0 Å². The average Bonchev–Trinajstić information content (AvgIpc) is 3.76. The van der Waals surface area contributed by atoms with Gasteiger partial charge < -0.3 is 4.42 Å². The van der Waals surface area contributed by atoms with Crippen LogP contribution in [0, 0.1) is 41.5 Å². The maximum absolute atomic E-state index is 9.74. The Balaban J connectivity index is 1.33. The highest BCUT2D eigenvalue weighted by atomic mass is 16.3. The molecule has 0 aliphatic rings. The summed E-state index contributed by atoms with van der Waals surface area (Å²) in [4.78, 5) is 0. The summed E-state index contributed by atoms with van der Waals surface area (Å²) >= 11 is 0. The zero-order chi connectivity index (χ0) is 51.4. The number of furan rings is 1. The third-order valence-electron chi connectivity index (χ3n) is 12.7. The standard InChI is InChI=1S/C58H44O/c1-33-34(2)36(4)54-53(35(33)3)52(49-25-16-26-50-57(49)48-30-29-43(32-51(48)59-50)42-28-27-39-17-10-11-20-41(39)31-42)37(5)38(6)55(54)58-46-23-14-12-21-44(46)56(40-18-8-7-9-19-40)45-22-13-15-24-47(45)58/h7-32H,1-6H3/i7D,8D,9D,12D,13D,14D,15D,18D,19D,21D,22D,23D,24D. The van der Waals surface area contributed by atoms with Crippen molar-refractivity contribution in [3.05, 3.63) is 191 Å². The van der Waals surface area contributed by atoms with E-state index < -0.39 is 84.1 Å². The number of rotatable bonds is 4.